The van der Waals surface area contributed by atoms with E-state index in [2.05, 4.69) is 21.2 Å². The minimum Gasteiger partial charge on any atom is -0.378 e. The van der Waals surface area contributed by atoms with Gasteiger partial charge in [0.15, 0.2) is 0 Å². The largest absolute Gasteiger partial charge is 0.378 e. The van der Waals surface area contributed by atoms with Crippen LogP contribution in [0.2, 0.25) is 0 Å². The maximum Gasteiger partial charge on any atom is 0.253 e. The van der Waals surface area contributed by atoms with Gasteiger partial charge in [0.25, 0.3) is 5.91 Å². The number of ether oxygens (including phenoxy) is 1. The third-order valence-corrected chi connectivity index (χ3v) is 8.30. The van der Waals surface area contributed by atoms with Crippen molar-refractivity contribution >= 4 is 21.6 Å². The van der Waals surface area contributed by atoms with E-state index in [9.17, 15) is 13.2 Å². The van der Waals surface area contributed by atoms with Gasteiger partial charge in [0.2, 0.25) is 10.0 Å². The lowest BCUT2D eigenvalue weighted by atomic mass is 10.1. The number of hydrogen-bond acceptors (Lipinski definition) is 6. The molecule has 2 saturated heterocycles. The molecule has 2 aliphatic rings. The van der Waals surface area contributed by atoms with Crippen molar-refractivity contribution in [3.8, 4) is 0 Å². The van der Waals surface area contributed by atoms with Crippen LogP contribution in [0.3, 0.4) is 0 Å². The molecule has 2 aliphatic heterocycles. The van der Waals surface area contributed by atoms with Crippen molar-refractivity contribution in [2.24, 2.45) is 0 Å². The van der Waals surface area contributed by atoms with Gasteiger partial charge in [-0.25, -0.2) is 12.7 Å². The average Bonchev–Trinajstić information content (AvgIpc) is 3.36. The normalized spacial score (nSPS) is 17.3. The van der Waals surface area contributed by atoms with E-state index < -0.39 is 10.0 Å². The van der Waals surface area contributed by atoms with Gasteiger partial charge in [-0.2, -0.15) is 0 Å². The summed E-state index contributed by atoms with van der Waals surface area (Å²) in [5, 5.41) is 3.04. The molecule has 0 unspecified atom stereocenters. The summed E-state index contributed by atoms with van der Waals surface area (Å²) in [6, 6.07) is 13.0. The van der Waals surface area contributed by atoms with E-state index in [1.807, 2.05) is 18.2 Å². The van der Waals surface area contributed by atoms with Crippen LogP contribution in [0.5, 0.6) is 0 Å². The summed E-state index contributed by atoms with van der Waals surface area (Å²) in [6.45, 7) is 5.92. The Balaban J connectivity index is 1.58. The smallest absolute Gasteiger partial charge is 0.253 e. The lowest BCUT2D eigenvalue weighted by Gasteiger charge is -2.30. The van der Waals surface area contributed by atoms with Crippen molar-refractivity contribution in [2.75, 3.05) is 58.4 Å². The van der Waals surface area contributed by atoms with Crippen LogP contribution in [0.1, 0.15) is 34.3 Å². The zero-order valence-corrected chi connectivity index (χ0v) is 20.8. The first-order valence-corrected chi connectivity index (χ1v) is 13.3. The molecule has 2 aromatic carbocycles. The molecule has 9 heteroatoms. The number of likely N-dealkylation sites (tertiary alicyclic amines) is 1. The van der Waals surface area contributed by atoms with Crippen molar-refractivity contribution in [1.29, 1.82) is 0 Å². The first kappa shape index (κ1) is 24.7. The van der Waals surface area contributed by atoms with Crippen molar-refractivity contribution < 1.29 is 17.9 Å². The fourth-order valence-electron chi connectivity index (χ4n) is 4.48. The third kappa shape index (κ3) is 5.60. The van der Waals surface area contributed by atoms with Gasteiger partial charge in [0.05, 0.1) is 23.7 Å². The van der Waals surface area contributed by atoms with Crippen LogP contribution >= 0.6 is 0 Å². The summed E-state index contributed by atoms with van der Waals surface area (Å²) >= 11 is 0. The highest BCUT2D eigenvalue weighted by Gasteiger charge is 2.24. The number of sulfonamides is 1. The van der Waals surface area contributed by atoms with Gasteiger partial charge in [0.1, 0.15) is 0 Å². The molecule has 0 aromatic heterocycles. The molecule has 2 fully saturated rings. The maximum atomic E-state index is 13.4. The Labute approximate surface area is 202 Å². The van der Waals surface area contributed by atoms with Crippen LogP contribution in [-0.2, 0) is 27.8 Å². The standard InChI is InChI=1S/C25H34N4O4S/c1-27(2)34(31,32)22-9-10-24(29-13-15-33-16-14-29)23(17-22)25(30)26-18-20-7-3-4-8-21(20)19-28-11-5-6-12-28/h3-4,7-10,17H,5-6,11-16,18-19H2,1-2H3,(H,26,30). The SMILES string of the molecule is CN(C)S(=O)(=O)c1ccc(N2CCOCC2)c(C(=O)NCc2ccccc2CN2CCCC2)c1. The predicted octanol–water partition coefficient (Wildman–Crippen LogP) is 2.30. The van der Waals surface area contributed by atoms with E-state index in [1.165, 1.54) is 38.6 Å². The van der Waals surface area contributed by atoms with E-state index in [4.69, 9.17) is 4.74 Å². The van der Waals surface area contributed by atoms with E-state index in [-0.39, 0.29) is 10.8 Å². The summed E-state index contributed by atoms with van der Waals surface area (Å²) in [5.74, 6) is -0.284. The maximum absolute atomic E-state index is 13.4. The number of carbonyl (C=O) groups excluding carboxylic acids is 1. The molecule has 1 N–H and O–H groups in total. The topological polar surface area (TPSA) is 82.2 Å². The van der Waals surface area contributed by atoms with Gasteiger partial charge in [-0.15, -0.1) is 0 Å². The van der Waals surface area contributed by atoms with E-state index in [0.29, 0.717) is 38.4 Å². The molecule has 0 saturated carbocycles. The molecule has 184 valence electrons. The highest BCUT2D eigenvalue weighted by molar-refractivity contribution is 7.89. The van der Waals surface area contributed by atoms with E-state index in [1.54, 1.807) is 12.1 Å². The number of morpholine rings is 1. The molecule has 4 rings (SSSR count). The number of nitrogens with zero attached hydrogens (tertiary/aromatic N) is 3. The van der Waals surface area contributed by atoms with E-state index >= 15 is 0 Å². The second-order valence-corrected chi connectivity index (χ2v) is 11.2. The molecule has 0 aliphatic carbocycles. The molecule has 8 nitrogen and oxygen atoms in total. The molecule has 0 atom stereocenters. The van der Waals surface area contributed by atoms with Gasteiger partial charge in [-0.05, 0) is 55.3 Å². The Hall–Kier alpha value is -2.46. The Bertz CT molecular complexity index is 1110. The number of hydrogen-bond donors (Lipinski definition) is 1. The van der Waals surface area contributed by atoms with Crippen LogP contribution in [0.15, 0.2) is 47.4 Å². The highest BCUT2D eigenvalue weighted by Crippen LogP contribution is 2.26. The van der Waals surface area contributed by atoms with Crippen molar-refractivity contribution in [3.05, 3.63) is 59.2 Å². The monoisotopic (exact) mass is 486 g/mol. The average molecular weight is 487 g/mol. The fraction of sp³-hybridized carbons (Fsp3) is 0.480. The molecule has 2 heterocycles. The number of nitrogens with one attached hydrogen (secondary N) is 1. The van der Waals surface area contributed by atoms with Crippen LogP contribution in [-0.4, -0.2) is 77.0 Å². The molecule has 2 aromatic rings. The Kier molecular flexibility index (Phi) is 7.88. The minimum absolute atomic E-state index is 0.106. The summed E-state index contributed by atoms with van der Waals surface area (Å²) in [5.41, 5.74) is 3.38. The number of benzene rings is 2. The summed E-state index contributed by atoms with van der Waals surface area (Å²) in [4.78, 5) is 18.0. The van der Waals surface area contributed by atoms with Gasteiger partial charge < -0.3 is 15.0 Å². The van der Waals surface area contributed by atoms with Crippen molar-refractivity contribution in [3.63, 3.8) is 0 Å². The summed E-state index contributed by atoms with van der Waals surface area (Å²) < 4.78 is 32.1. The molecule has 0 spiro atoms. The second kappa shape index (κ2) is 10.9. The second-order valence-electron chi connectivity index (χ2n) is 9.00. The summed E-state index contributed by atoms with van der Waals surface area (Å²) in [6.07, 6.45) is 2.46. The molecular weight excluding hydrogens is 452 g/mol. The van der Waals surface area contributed by atoms with Crippen molar-refractivity contribution in [2.45, 2.75) is 30.8 Å². The van der Waals surface area contributed by atoms with Gasteiger partial charge in [-0.3, -0.25) is 9.69 Å². The molecule has 0 radical (unpaired) electrons. The first-order valence-electron chi connectivity index (χ1n) is 11.8. The number of carbonyl (C=O) groups is 1. The van der Waals surface area contributed by atoms with Crippen molar-refractivity contribution in [1.82, 2.24) is 14.5 Å². The minimum atomic E-state index is -3.66. The predicted molar refractivity (Wildman–Crippen MR) is 132 cm³/mol. The Morgan fingerprint density at radius 1 is 1.00 bits per heavy atom. The third-order valence-electron chi connectivity index (χ3n) is 6.49. The quantitative estimate of drug-likeness (QED) is 0.617. The molecular formula is C25H34N4O4S. The molecule has 0 bridgehead atoms. The van der Waals surface area contributed by atoms with Crippen LogP contribution < -0.4 is 10.2 Å². The number of amides is 1. The number of rotatable bonds is 8. The fourth-order valence-corrected chi connectivity index (χ4v) is 5.41. The van der Waals surface area contributed by atoms with Gasteiger partial charge in [-0.1, -0.05) is 24.3 Å². The number of anilines is 1. The highest BCUT2D eigenvalue weighted by atomic mass is 32.2. The zero-order valence-electron chi connectivity index (χ0n) is 20.0. The van der Waals surface area contributed by atoms with Crippen LogP contribution in [0.4, 0.5) is 5.69 Å². The lowest BCUT2D eigenvalue weighted by Crippen LogP contribution is -2.38. The summed E-state index contributed by atoms with van der Waals surface area (Å²) in [7, 11) is -0.686. The lowest BCUT2D eigenvalue weighted by molar-refractivity contribution is 0.0949. The Morgan fingerprint density at radius 2 is 1.68 bits per heavy atom. The molecule has 34 heavy (non-hydrogen) atoms. The van der Waals surface area contributed by atoms with Crippen LogP contribution in [0.25, 0.3) is 0 Å². The zero-order chi connectivity index (χ0) is 24.1. The Morgan fingerprint density at radius 3 is 2.35 bits per heavy atom. The van der Waals surface area contributed by atoms with Crippen LogP contribution in [0, 0.1) is 0 Å². The van der Waals surface area contributed by atoms with Gasteiger partial charge >= 0.3 is 0 Å². The molecule has 1 amide bonds. The first-order chi connectivity index (χ1) is 16.4. The van der Waals surface area contributed by atoms with E-state index in [0.717, 1.165) is 35.2 Å². The van der Waals surface area contributed by atoms with Gasteiger partial charge in [0, 0.05) is 46.0 Å².